The maximum atomic E-state index is 13.8. The van der Waals surface area contributed by atoms with Crippen molar-refractivity contribution in [2.75, 3.05) is 6.54 Å². The summed E-state index contributed by atoms with van der Waals surface area (Å²) in [6.45, 7) is 5.09. The van der Waals surface area contributed by atoms with Gasteiger partial charge in [0, 0.05) is 18.7 Å². The lowest BCUT2D eigenvalue weighted by molar-refractivity contribution is 0.0938. The van der Waals surface area contributed by atoms with E-state index < -0.39 is 6.10 Å². The van der Waals surface area contributed by atoms with Gasteiger partial charge in [0.25, 0.3) is 0 Å². The van der Waals surface area contributed by atoms with Crippen LogP contribution in [0.15, 0.2) is 59.7 Å². The highest BCUT2D eigenvalue weighted by molar-refractivity contribution is 5.17. The topological polar surface area (TPSA) is 36.6 Å². The summed E-state index contributed by atoms with van der Waals surface area (Å²) in [5.41, 5.74) is 0.616. The average molecular weight is 303 g/mol. The van der Waals surface area contributed by atoms with Crippen molar-refractivity contribution in [3.8, 4) is 0 Å². The van der Waals surface area contributed by atoms with E-state index in [1.54, 1.807) is 24.5 Å². The highest BCUT2D eigenvalue weighted by Crippen LogP contribution is 2.14. The number of aliphatic hydroxyl groups excluding tert-OH is 1. The molecule has 0 aliphatic heterocycles. The summed E-state index contributed by atoms with van der Waals surface area (Å²) in [6.07, 6.45) is 4.34. The van der Waals surface area contributed by atoms with Gasteiger partial charge in [-0.2, -0.15) is 0 Å². The number of furan rings is 1. The van der Waals surface area contributed by atoms with Gasteiger partial charge in [0.15, 0.2) is 0 Å². The fraction of sp³-hybridized carbons (Fsp3) is 0.333. The molecule has 0 fully saturated rings. The molecule has 118 valence electrons. The summed E-state index contributed by atoms with van der Waals surface area (Å²) in [5.74, 6) is 0.569. The number of benzene rings is 1. The van der Waals surface area contributed by atoms with E-state index in [1.165, 1.54) is 6.07 Å². The van der Waals surface area contributed by atoms with Crippen molar-refractivity contribution >= 4 is 0 Å². The Morgan fingerprint density at radius 1 is 1.23 bits per heavy atom. The van der Waals surface area contributed by atoms with E-state index in [-0.39, 0.29) is 5.82 Å². The molecule has 0 amide bonds. The van der Waals surface area contributed by atoms with E-state index in [0.717, 1.165) is 12.2 Å². The minimum absolute atomic E-state index is 0.229. The van der Waals surface area contributed by atoms with Crippen LogP contribution in [0.4, 0.5) is 4.39 Å². The molecule has 22 heavy (non-hydrogen) atoms. The lowest BCUT2D eigenvalue weighted by Gasteiger charge is -2.24. The number of hydrogen-bond donors (Lipinski definition) is 1. The van der Waals surface area contributed by atoms with Gasteiger partial charge in [-0.1, -0.05) is 24.3 Å². The quantitative estimate of drug-likeness (QED) is 0.717. The van der Waals surface area contributed by atoms with Crippen LogP contribution in [0.5, 0.6) is 0 Å². The molecule has 2 rings (SSSR count). The molecule has 1 atom stereocenters. The summed E-state index contributed by atoms with van der Waals surface area (Å²) in [4.78, 5) is 1.99. The van der Waals surface area contributed by atoms with Crippen molar-refractivity contribution in [2.24, 2.45) is 0 Å². The average Bonchev–Trinajstić information content (AvgIpc) is 3.00. The van der Waals surface area contributed by atoms with E-state index >= 15 is 0 Å². The van der Waals surface area contributed by atoms with Crippen LogP contribution in [0, 0.1) is 5.82 Å². The minimum atomic E-state index is -0.472. The highest BCUT2D eigenvalue weighted by atomic mass is 19.1. The van der Waals surface area contributed by atoms with Gasteiger partial charge in [0.2, 0.25) is 0 Å². The zero-order valence-corrected chi connectivity index (χ0v) is 12.6. The van der Waals surface area contributed by atoms with Crippen molar-refractivity contribution in [2.45, 2.75) is 32.0 Å². The van der Waals surface area contributed by atoms with Gasteiger partial charge in [0.1, 0.15) is 11.6 Å². The lowest BCUT2D eigenvalue weighted by Crippen LogP contribution is -2.32. The molecule has 1 heterocycles. The van der Waals surface area contributed by atoms with Gasteiger partial charge in [0.05, 0.1) is 18.9 Å². The number of halogens is 1. The Kier molecular flexibility index (Phi) is 6.37. The Hall–Kier alpha value is -1.91. The number of rotatable bonds is 9. The molecule has 3 nitrogen and oxygen atoms in total. The first-order valence-electron chi connectivity index (χ1n) is 7.46. The Labute approximate surface area is 130 Å². The summed E-state index contributed by atoms with van der Waals surface area (Å²) in [6, 6.07) is 10.4. The predicted octanol–water partition coefficient (Wildman–Crippen LogP) is 3.75. The molecule has 0 aliphatic rings. The first-order chi connectivity index (χ1) is 10.7. The molecule has 0 bridgehead atoms. The molecule has 0 aliphatic carbocycles. The monoisotopic (exact) mass is 303 g/mol. The Bertz CT molecular complexity index is 568. The zero-order chi connectivity index (χ0) is 15.8. The lowest BCUT2D eigenvalue weighted by atomic mass is 10.1. The molecule has 1 N–H and O–H groups in total. The number of hydrogen-bond acceptors (Lipinski definition) is 3. The standard InChI is InChI=1S/C18H22FNO2/c1-2-3-8-16(21)13-20(14-17-9-6-11-22-17)12-15-7-4-5-10-18(15)19/h2,4-7,9-11,16,21H,1,3,8,12-14H2/t16-/m1/s1. The van der Waals surface area contributed by atoms with E-state index in [2.05, 4.69) is 6.58 Å². The SMILES string of the molecule is C=CCC[C@@H](O)CN(Cc1ccco1)Cc1ccccc1F. The second-order valence-corrected chi connectivity index (χ2v) is 5.36. The van der Waals surface area contributed by atoms with Crippen molar-refractivity contribution in [3.63, 3.8) is 0 Å². The van der Waals surface area contributed by atoms with Gasteiger partial charge in [-0.3, -0.25) is 4.90 Å². The molecule has 0 unspecified atom stereocenters. The summed E-state index contributed by atoms with van der Waals surface area (Å²) < 4.78 is 19.2. The van der Waals surface area contributed by atoms with Crippen LogP contribution in [0.2, 0.25) is 0 Å². The Morgan fingerprint density at radius 3 is 2.73 bits per heavy atom. The van der Waals surface area contributed by atoms with Crippen molar-refractivity contribution < 1.29 is 13.9 Å². The van der Waals surface area contributed by atoms with Crippen LogP contribution in [0.1, 0.15) is 24.2 Å². The largest absolute Gasteiger partial charge is 0.468 e. The maximum Gasteiger partial charge on any atom is 0.127 e. The number of allylic oxidation sites excluding steroid dienone is 1. The fourth-order valence-electron chi connectivity index (χ4n) is 2.38. The smallest absolute Gasteiger partial charge is 0.127 e. The zero-order valence-electron chi connectivity index (χ0n) is 12.6. The van der Waals surface area contributed by atoms with Gasteiger partial charge >= 0.3 is 0 Å². The van der Waals surface area contributed by atoms with Gasteiger partial charge < -0.3 is 9.52 Å². The van der Waals surface area contributed by atoms with Gasteiger partial charge in [-0.15, -0.1) is 6.58 Å². The summed E-state index contributed by atoms with van der Waals surface area (Å²) in [5, 5.41) is 10.1. The third-order valence-corrected chi connectivity index (χ3v) is 3.48. The molecule has 0 spiro atoms. The minimum Gasteiger partial charge on any atom is -0.468 e. The van der Waals surface area contributed by atoms with E-state index in [0.29, 0.717) is 31.6 Å². The fourth-order valence-corrected chi connectivity index (χ4v) is 2.38. The molecule has 0 saturated heterocycles. The molecule has 4 heteroatoms. The van der Waals surface area contributed by atoms with E-state index in [1.807, 2.05) is 23.1 Å². The first kappa shape index (κ1) is 16.5. The van der Waals surface area contributed by atoms with Crippen LogP contribution >= 0.6 is 0 Å². The number of nitrogens with zero attached hydrogens (tertiary/aromatic N) is 1. The van der Waals surface area contributed by atoms with Crippen molar-refractivity contribution in [1.29, 1.82) is 0 Å². The van der Waals surface area contributed by atoms with Gasteiger partial charge in [-0.05, 0) is 31.0 Å². The predicted molar refractivity (Wildman–Crippen MR) is 84.7 cm³/mol. The van der Waals surface area contributed by atoms with Crippen molar-refractivity contribution in [3.05, 3.63) is 72.5 Å². The second-order valence-electron chi connectivity index (χ2n) is 5.36. The van der Waals surface area contributed by atoms with Crippen LogP contribution in [-0.4, -0.2) is 22.7 Å². The summed E-state index contributed by atoms with van der Waals surface area (Å²) >= 11 is 0. The van der Waals surface area contributed by atoms with E-state index in [4.69, 9.17) is 4.42 Å². The molecule has 0 radical (unpaired) electrons. The Balaban J connectivity index is 2.03. The van der Waals surface area contributed by atoms with Crippen molar-refractivity contribution in [1.82, 2.24) is 4.90 Å². The van der Waals surface area contributed by atoms with Gasteiger partial charge in [-0.25, -0.2) is 4.39 Å². The normalized spacial score (nSPS) is 12.5. The molecule has 0 saturated carbocycles. The highest BCUT2D eigenvalue weighted by Gasteiger charge is 2.15. The molecular weight excluding hydrogens is 281 g/mol. The molecule has 1 aromatic heterocycles. The van der Waals surface area contributed by atoms with E-state index in [9.17, 15) is 9.50 Å². The third-order valence-electron chi connectivity index (χ3n) is 3.48. The second kappa shape index (κ2) is 8.51. The van der Waals surface area contributed by atoms with Crippen LogP contribution in [0.3, 0.4) is 0 Å². The first-order valence-corrected chi connectivity index (χ1v) is 7.46. The number of aliphatic hydroxyl groups is 1. The maximum absolute atomic E-state index is 13.8. The third kappa shape index (κ3) is 5.13. The molecule has 1 aromatic carbocycles. The summed E-state index contributed by atoms with van der Waals surface area (Å²) in [7, 11) is 0. The molecule has 2 aromatic rings. The van der Waals surface area contributed by atoms with Crippen LogP contribution in [-0.2, 0) is 13.1 Å². The molecular formula is C18H22FNO2. The Morgan fingerprint density at radius 2 is 2.05 bits per heavy atom. The van der Waals surface area contributed by atoms with Crippen LogP contribution < -0.4 is 0 Å². The van der Waals surface area contributed by atoms with Crippen LogP contribution in [0.25, 0.3) is 0 Å².